The second-order valence-corrected chi connectivity index (χ2v) is 3.56. The summed E-state index contributed by atoms with van der Waals surface area (Å²) >= 11 is 11.2. The van der Waals surface area contributed by atoms with Gasteiger partial charge in [0.25, 0.3) is 5.91 Å². The van der Waals surface area contributed by atoms with E-state index in [0.717, 1.165) is 0 Å². The van der Waals surface area contributed by atoms with Crippen LogP contribution in [0.1, 0.15) is 10.6 Å². The van der Waals surface area contributed by atoms with Gasteiger partial charge < -0.3 is 14.5 Å². The van der Waals surface area contributed by atoms with Crippen molar-refractivity contribution in [3.05, 3.63) is 23.1 Å². The van der Waals surface area contributed by atoms with E-state index in [2.05, 4.69) is 5.32 Å². The molecule has 15 heavy (non-hydrogen) atoms. The minimum Gasteiger partial charge on any atom is -0.440 e. The molecule has 1 atom stereocenters. The lowest BCUT2D eigenvalue weighted by Crippen LogP contribution is -2.39. The van der Waals surface area contributed by atoms with Crippen molar-refractivity contribution in [3.8, 4) is 0 Å². The second-order valence-electron chi connectivity index (χ2n) is 2.88. The highest BCUT2D eigenvalue weighted by molar-refractivity contribution is 6.29. The van der Waals surface area contributed by atoms with Gasteiger partial charge in [-0.15, -0.1) is 11.6 Å². The van der Waals surface area contributed by atoms with E-state index in [-0.39, 0.29) is 28.8 Å². The van der Waals surface area contributed by atoms with Gasteiger partial charge in [0.2, 0.25) is 0 Å². The molecule has 4 nitrogen and oxygen atoms in total. The molecule has 1 rings (SSSR count). The SMILES string of the molecule is COCC(CCl)NC(=O)c1ccc(Cl)o1. The largest absolute Gasteiger partial charge is 0.440 e. The number of methoxy groups -OCH3 is 1. The van der Waals surface area contributed by atoms with E-state index in [4.69, 9.17) is 32.4 Å². The van der Waals surface area contributed by atoms with E-state index < -0.39 is 0 Å². The van der Waals surface area contributed by atoms with E-state index >= 15 is 0 Å². The number of rotatable bonds is 5. The third-order valence-electron chi connectivity index (χ3n) is 1.69. The summed E-state index contributed by atoms with van der Waals surface area (Å²) in [6, 6.07) is 2.76. The molecule has 1 heterocycles. The smallest absolute Gasteiger partial charge is 0.287 e. The van der Waals surface area contributed by atoms with Crippen molar-refractivity contribution in [2.75, 3.05) is 19.6 Å². The Balaban J connectivity index is 2.54. The van der Waals surface area contributed by atoms with Gasteiger partial charge in [-0.25, -0.2) is 0 Å². The first-order valence-electron chi connectivity index (χ1n) is 4.28. The lowest BCUT2D eigenvalue weighted by Gasteiger charge is -2.13. The van der Waals surface area contributed by atoms with Crippen molar-refractivity contribution in [2.45, 2.75) is 6.04 Å². The Bertz CT molecular complexity index is 327. The molecule has 0 aliphatic carbocycles. The van der Waals surface area contributed by atoms with Crippen LogP contribution in [0.3, 0.4) is 0 Å². The molecule has 0 bridgehead atoms. The van der Waals surface area contributed by atoms with Crippen molar-refractivity contribution in [1.82, 2.24) is 5.32 Å². The number of hydrogen-bond acceptors (Lipinski definition) is 3. The molecule has 1 aromatic rings. The summed E-state index contributed by atoms with van der Waals surface area (Å²) < 4.78 is 9.82. The molecule has 1 unspecified atom stereocenters. The monoisotopic (exact) mass is 251 g/mol. The predicted molar refractivity (Wildman–Crippen MR) is 57.6 cm³/mol. The maximum atomic E-state index is 11.5. The highest BCUT2D eigenvalue weighted by Gasteiger charge is 2.15. The van der Waals surface area contributed by atoms with Crippen molar-refractivity contribution in [3.63, 3.8) is 0 Å². The molecule has 1 N–H and O–H groups in total. The minimum atomic E-state index is -0.357. The molecule has 0 fully saturated rings. The number of nitrogens with one attached hydrogen (secondary N) is 1. The van der Waals surface area contributed by atoms with Crippen LogP contribution < -0.4 is 5.32 Å². The van der Waals surface area contributed by atoms with Gasteiger partial charge in [0.05, 0.1) is 12.6 Å². The van der Waals surface area contributed by atoms with Crippen LogP contribution in [0.5, 0.6) is 0 Å². The summed E-state index contributed by atoms with van der Waals surface area (Å²) in [4.78, 5) is 11.5. The average molecular weight is 252 g/mol. The molecule has 1 amide bonds. The third-order valence-corrected chi connectivity index (χ3v) is 2.26. The van der Waals surface area contributed by atoms with Gasteiger partial charge in [-0.05, 0) is 23.7 Å². The normalized spacial score (nSPS) is 12.5. The number of furan rings is 1. The van der Waals surface area contributed by atoms with Crippen LogP contribution in [0.4, 0.5) is 0 Å². The summed E-state index contributed by atoms with van der Waals surface area (Å²) in [5.41, 5.74) is 0. The van der Waals surface area contributed by atoms with Crippen LogP contribution in [-0.2, 0) is 4.74 Å². The van der Waals surface area contributed by atoms with Crippen LogP contribution >= 0.6 is 23.2 Å². The van der Waals surface area contributed by atoms with Gasteiger partial charge >= 0.3 is 0 Å². The van der Waals surface area contributed by atoms with Gasteiger partial charge in [-0.1, -0.05) is 0 Å². The van der Waals surface area contributed by atoms with E-state index in [9.17, 15) is 4.79 Å². The maximum Gasteiger partial charge on any atom is 0.287 e. The van der Waals surface area contributed by atoms with Gasteiger partial charge in [0.15, 0.2) is 11.0 Å². The lowest BCUT2D eigenvalue weighted by atomic mass is 10.3. The lowest BCUT2D eigenvalue weighted by molar-refractivity contribution is 0.0879. The molecule has 0 saturated carbocycles. The number of carbonyl (C=O) groups is 1. The zero-order valence-corrected chi connectivity index (χ0v) is 9.64. The predicted octanol–water partition coefficient (Wildman–Crippen LogP) is 1.92. The minimum absolute atomic E-state index is 0.159. The first-order valence-corrected chi connectivity index (χ1v) is 5.19. The summed E-state index contributed by atoms with van der Waals surface area (Å²) in [5, 5.41) is 2.82. The summed E-state index contributed by atoms with van der Waals surface area (Å²) in [6.45, 7) is 0.351. The molecule has 0 radical (unpaired) electrons. The number of halogens is 2. The fourth-order valence-corrected chi connectivity index (χ4v) is 1.33. The average Bonchev–Trinajstić information content (AvgIpc) is 2.64. The topological polar surface area (TPSA) is 51.5 Å². The molecule has 0 aliphatic heterocycles. The van der Waals surface area contributed by atoms with Crippen LogP contribution in [0.25, 0.3) is 0 Å². The maximum absolute atomic E-state index is 11.5. The highest BCUT2D eigenvalue weighted by atomic mass is 35.5. The number of amides is 1. The number of carbonyl (C=O) groups excluding carboxylic acids is 1. The van der Waals surface area contributed by atoms with Crippen LogP contribution in [0.15, 0.2) is 16.5 Å². The van der Waals surface area contributed by atoms with Crippen molar-refractivity contribution in [1.29, 1.82) is 0 Å². The number of ether oxygens (including phenoxy) is 1. The summed E-state index contributed by atoms with van der Waals surface area (Å²) in [6.07, 6.45) is 0. The number of alkyl halides is 1. The molecular weight excluding hydrogens is 241 g/mol. The van der Waals surface area contributed by atoms with E-state index in [1.54, 1.807) is 0 Å². The van der Waals surface area contributed by atoms with Crippen molar-refractivity contribution < 1.29 is 13.9 Å². The van der Waals surface area contributed by atoms with Crippen LogP contribution in [0, 0.1) is 0 Å². The Kier molecular flexibility index (Phi) is 4.94. The molecular formula is C9H11Cl2NO3. The first kappa shape index (κ1) is 12.4. The zero-order chi connectivity index (χ0) is 11.3. The fourth-order valence-electron chi connectivity index (χ4n) is 1.02. The molecule has 1 aromatic heterocycles. The third kappa shape index (κ3) is 3.74. The summed E-state index contributed by atoms with van der Waals surface area (Å²) in [7, 11) is 1.54. The van der Waals surface area contributed by atoms with Gasteiger partial charge in [0, 0.05) is 13.0 Å². The molecule has 0 aliphatic rings. The van der Waals surface area contributed by atoms with Gasteiger partial charge in [0.1, 0.15) is 0 Å². The van der Waals surface area contributed by atoms with Gasteiger partial charge in [-0.2, -0.15) is 0 Å². The zero-order valence-electron chi connectivity index (χ0n) is 8.13. The van der Waals surface area contributed by atoms with E-state index in [0.29, 0.717) is 6.61 Å². The molecule has 0 aromatic carbocycles. The van der Waals surface area contributed by atoms with Crippen LogP contribution in [0.2, 0.25) is 5.22 Å². The quantitative estimate of drug-likeness (QED) is 0.814. The fraction of sp³-hybridized carbons (Fsp3) is 0.444. The Hall–Kier alpha value is -0.710. The Morgan fingerprint density at radius 1 is 1.67 bits per heavy atom. The first-order chi connectivity index (χ1) is 7.17. The second kappa shape index (κ2) is 6.00. The molecule has 84 valence electrons. The van der Waals surface area contributed by atoms with Crippen LogP contribution in [-0.4, -0.2) is 31.5 Å². The Labute approximate surface area is 97.5 Å². The van der Waals surface area contributed by atoms with E-state index in [1.165, 1.54) is 19.2 Å². The highest BCUT2D eigenvalue weighted by Crippen LogP contribution is 2.12. The molecule has 0 spiro atoms. The Morgan fingerprint density at radius 3 is 2.87 bits per heavy atom. The number of hydrogen-bond donors (Lipinski definition) is 1. The summed E-state index contributed by atoms with van der Waals surface area (Å²) in [5.74, 6) is 0.0735. The Morgan fingerprint density at radius 2 is 2.40 bits per heavy atom. The van der Waals surface area contributed by atoms with E-state index in [1.807, 2.05) is 0 Å². The molecule has 0 saturated heterocycles. The molecule has 6 heteroatoms. The van der Waals surface area contributed by atoms with Crippen molar-refractivity contribution in [2.24, 2.45) is 0 Å². The van der Waals surface area contributed by atoms with Gasteiger partial charge in [-0.3, -0.25) is 4.79 Å². The van der Waals surface area contributed by atoms with Crippen molar-refractivity contribution >= 4 is 29.1 Å². The standard InChI is InChI=1S/C9H11Cl2NO3/c1-14-5-6(4-10)12-9(13)7-2-3-8(11)15-7/h2-3,6H,4-5H2,1H3,(H,12,13).